The molecule has 8 nitrogen and oxygen atoms in total. The Morgan fingerprint density at radius 3 is 2.48 bits per heavy atom. The summed E-state index contributed by atoms with van der Waals surface area (Å²) in [5.41, 5.74) is 0. The van der Waals surface area contributed by atoms with E-state index in [1.54, 1.807) is 0 Å². The van der Waals surface area contributed by atoms with Crippen molar-refractivity contribution < 1.29 is 27.4 Å². The van der Waals surface area contributed by atoms with Crippen LogP contribution in [-0.2, 0) is 19.6 Å². The van der Waals surface area contributed by atoms with Crippen molar-refractivity contribution >= 4 is 15.9 Å². The van der Waals surface area contributed by atoms with E-state index in [1.165, 1.54) is 39.3 Å². The van der Waals surface area contributed by atoms with Crippen LogP contribution >= 0.6 is 0 Å². The van der Waals surface area contributed by atoms with Crippen molar-refractivity contribution in [3.63, 3.8) is 0 Å². The molecule has 1 atom stereocenters. The highest BCUT2D eigenvalue weighted by Crippen LogP contribution is 2.29. The maximum atomic E-state index is 12.4. The van der Waals surface area contributed by atoms with E-state index < -0.39 is 22.0 Å². The van der Waals surface area contributed by atoms with Gasteiger partial charge in [0.2, 0.25) is 15.9 Å². The summed E-state index contributed by atoms with van der Waals surface area (Å²) >= 11 is 0. The number of sulfonamides is 1. The summed E-state index contributed by atoms with van der Waals surface area (Å²) in [6.45, 7) is 4.96. The third kappa shape index (κ3) is 6.52. The van der Waals surface area contributed by atoms with Gasteiger partial charge in [-0.2, -0.15) is 4.72 Å². The lowest BCUT2D eigenvalue weighted by molar-refractivity contribution is -0.122. The molecule has 9 heteroatoms. The number of nitrogens with one attached hydrogen (secondary N) is 2. The first-order valence-electron chi connectivity index (χ1n) is 7.95. The van der Waals surface area contributed by atoms with Gasteiger partial charge >= 0.3 is 0 Å². The molecule has 0 unspecified atom stereocenters. The van der Waals surface area contributed by atoms with Crippen LogP contribution in [0.2, 0.25) is 0 Å². The first kappa shape index (κ1) is 21.2. The van der Waals surface area contributed by atoms with Gasteiger partial charge < -0.3 is 19.5 Å². The van der Waals surface area contributed by atoms with Crippen molar-refractivity contribution in [3.8, 4) is 11.5 Å². The number of ether oxygens (including phenoxy) is 3. The van der Waals surface area contributed by atoms with E-state index in [4.69, 9.17) is 14.2 Å². The second kappa shape index (κ2) is 10.2. The topological polar surface area (TPSA) is 103 Å². The molecule has 1 aromatic carbocycles. The van der Waals surface area contributed by atoms with Crippen molar-refractivity contribution in [2.24, 2.45) is 0 Å². The quantitative estimate of drug-likeness (QED) is 0.558. The summed E-state index contributed by atoms with van der Waals surface area (Å²) in [5, 5.41) is 2.67. The predicted molar refractivity (Wildman–Crippen MR) is 93.4 cm³/mol. The van der Waals surface area contributed by atoms with E-state index in [1.807, 2.05) is 6.92 Å². The highest BCUT2D eigenvalue weighted by Gasteiger charge is 2.23. The number of rotatable bonds is 11. The molecule has 0 aromatic heterocycles. The molecule has 0 spiro atoms. The van der Waals surface area contributed by atoms with Gasteiger partial charge in [-0.1, -0.05) is 0 Å². The van der Waals surface area contributed by atoms with Crippen molar-refractivity contribution in [1.82, 2.24) is 10.0 Å². The maximum Gasteiger partial charge on any atom is 0.241 e. The number of amides is 1. The summed E-state index contributed by atoms with van der Waals surface area (Å²) in [6.07, 6.45) is 0.661. The highest BCUT2D eigenvalue weighted by molar-refractivity contribution is 7.89. The van der Waals surface area contributed by atoms with E-state index in [0.29, 0.717) is 37.7 Å². The fourth-order valence-corrected chi connectivity index (χ4v) is 3.24. The normalized spacial score (nSPS) is 12.5. The predicted octanol–water partition coefficient (Wildman–Crippen LogP) is 0.913. The lowest BCUT2D eigenvalue weighted by Crippen LogP contribution is -2.45. The molecule has 2 N–H and O–H groups in total. The number of carbonyl (C=O) groups is 1. The Bertz CT molecular complexity index is 663. The van der Waals surface area contributed by atoms with Crippen molar-refractivity contribution in [2.45, 2.75) is 31.2 Å². The summed E-state index contributed by atoms with van der Waals surface area (Å²) in [7, 11) is -0.995. The second-order valence-electron chi connectivity index (χ2n) is 5.20. The van der Waals surface area contributed by atoms with Crippen LogP contribution in [0.15, 0.2) is 23.1 Å². The molecule has 0 aliphatic heterocycles. The molecule has 1 aromatic rings. The Balaban J connectivity index is 2.68. The van der Waals surface area contributed by atoms with E-state index in [2.05, 4.69) is 10.0 Å². The lowest BCUT2D eigenvalue weighted by Gasteiger charge is -2.15. The number of carbonyl (C=O) groups excluding carboxylic acids is 1. The zero-order valence-electron chi connectivity index (χ0n) is 15.0. The highest BCUT2D eigenvalue weighted by atomic mass is 32.2. The molecule has 0 heterocycles. The van der Waals surface area contributed by atoms with Gasteiger partial charge in [0.1, 0.15) is 0 Å². The first-order chi connectivity index (χ1) is 11.9. The summed E-state index contributed by atoms with van der Waals surface area (Å²) in [5.74, 6) is 0.306. The standard InChI is InChI=1S/C16H26N2O6S/c1-5-24-10-6-9-17-16(19)12(2)18-25(20,21)13-7-8-14(22-3)15(11-13)23-4/h7-8,11-12,18H,5-6,9-10H2,1-4H3,(H,17,19)/t12-/m1/s1. The smallest absolute Gasteiger partial charge is 0.241 e. The second-order valence-corrected chi connectivity index (χ2v) is 6.92. The van der Waals surface area contributed by atoms with E-state index in [-0.39, 0.29) is 4.90 Å². The van der Waals surface area contributed by atoms with Crippen LogP contribution in [0.3, 0.4) is 0 Å². The molecular formula is C16H26N2O6S. The number of methoxy groups -OCH3 is 2. The monoisotopic (exact) mass is 374 g/mol. The number of hydrogen-bond acceptors (Lipinski definition) is 6. The van der Waals surface area contributed by atoms with Crippen LogP contribution < -0.4 is 19.5 Å². The van der Waals surface area contributed by atoms with Crippen LogP contribution in [0, 0.1) is 0 Å². The summed E-state index contributed by atoms with van der Waals surface area (Å²) in [4.78, 5) is 12.0. The van der Waals surface area contributed by atoms with Gasteiger partial charge in [-0.15, -0.1) is 0 Å². The molecule has 1 rings (SSSR count). The molecule has 0 bridgehead atoms. The molecule has 0 fully saturated rings. The molecule has 0 saturated heterocycles. The zero-order chi connectivity index (χ0) is 18.9. The van der Waals surface area contributed by atoms with Crippen molar-refractivity contribution in [3.05, 3.63) is 18.2 Å². The number of hydrogen-bond donors (Lipinski definition) is 2. The van der Waals surface area contributed by atoms with Gasteiger partial charge in [-0.25, -0.2) is 8.42 Å². The minimum absolute atomic E-state index is 0.0128. The summed E-state index contributed by atoms with van der Waals surface area (Å²) < 4.78 is 42.5. The average molecular weight is 374 g/mol. The van der Waals surface area contributed by atoms with Gasteiger partial charge in [0.15, 0.2) is 11.5 Å². The van der Waals surface area contributed by atoms with Crippen LogP contribution in [0.25, 0.3) is 0 Å². The molecule has 0 saturated carbocycles. The molecule has 25 heavy (non-hydrogen) atoms. The van der Waals surface area contributed by atoms with Gasteiger partial charge in [0, 0.05) is 25.8 Å². The fourth-order valence-electron chi connectivity index (χ4n) is 2.02. The lowest BCUT2D eigenvalue weighted by atomic mass is 10.3. The average Bonchev–Trinajstić information content (AvgIpc) is 2.60. The third-order valence-electron chi connectivity index (χ3n) is 3.36. The van der Waals surface area contributed by atoms with Crippen molar-refractivity contribution in [1.29, 1.82) is 0 Å². The maximum absolute atomic E-state index is 12.4. The SMILES string of the molecule is CCOCCCNC(=O)[C@@H](C)NS(=O)(=O)c1ccc(OC)c(OC)c1. The minimum Gasteiger partial charge on any atom is -0.493 e. The molecule has 1 amide bonds. The molecular weight excluding hydrogens is 348 g/mol. The molecule has 0 aliphatic carbocycles. The van der Waals surface area contributed by atoms with E-state index in [0.717, 1.165) is 0 Å². The van der Waals surface area contributed by atoms with Gasteiger partial charge in [0.05, 0.1) is 25.2 Å². The van der Waals surface area contributed by atoms with Gasteiger partial charge in [-0.3, -0.25) is 4.79 Å². The zero-order valence-corrected chi connectivity index (χ0v) is 15.8. The van der Waals surface area contributed by atoms with Crippen LogP contribution in [0.4, 0.5) is 0 Å². The third-order valence-corrected chi connectivity index (χ3v) is 4.90. The first-order valence-corrected chi connectivity index (χ1v) is 9.43. The molecule has 0 aliphatic rings. The summed E-state index contributed by atoms with van der Waals surface area (Å²) in [6, 6.07) is 3.31. The number of benzene rings is 1. The van der Waals surface area contributed by atoms with Gasteiger partial charge in [0.25, 0.3) is 0 Å². The van der Waals surface area contributed by atoms with E-state index >= 15 is 0 Å². The Morgan fingerprint density at radius 1 is 1.20 bits per heavy atom. The van der Waals surface area contributed by atoms with Crippen molar-refractivity contribution in [2.75, 3.05) is 34.0 Å². The largest absolute Gasteiger partial charge is 0.493 e. The Labute approximate surface area is 148 Å². The van der Waals surface area contributed by atoms with Crippen LogP contribution in [0.1, 0.15) is 20.3 Å². The van der Waals surface area contributed by atoms with E-state index in [9.17, 15) is 13.2 Å². The Kier molecular flexibility index (Phi) is 8.67. The van der Waals surface area contributed by atoms with Crippen LogP contribution in [0.5, 0.6) is 11.5 Å². The molecule has 0 radical (unpaired) electrons. The van der Waals surface area contributed by atoms with Gasteiger partial charge in [-0.05, 0) is 32.4 Å². The molecule has 142 valence electrons. The Morgan fingerprint density at radius 2 is 1.88 bits per heavy atom. The van der Waals surface area contributed by atoms with Crippen LogP contribution in [-0.4, -0.2) is 54.3 Å². The minimum atomic E-state index is -3.87. The Hall–Kier alpha value is -1.84. The fraction of sp³-hybridized carbons (Fsp3) is 0.562.